The second-order valence-corrected chi connectivity index (χ2v) is 9.55. The molecule has 4 rings (SSSR count). The highest BCUT2D eigenvalue weighted by Crippen LogP contribution is 2.21. The summed E-state index contributed by atoms with van der Waals surface area (Å²) in [4.78, 5) is 5.80. The summed E-state index contributed by atoms with van der Waals surface area (Å²) >= 11 is 0. The number of hydrogen-bond donors (Lipinski definition) is 2. The average molecular weight is 416 g/mol. The third kappa shape index (κ3) is 4.69. The molecule has 1 fully saturated rings. The molecule has 0 bridgehead atoms. The van der Waals surface area contributed by atoms with Crippen LogP contribution >= 0.6 is 0 Å². The minimum atomic E-state index is -3.49. The first-order chi connectivity index (χ1) is 13.9. The van der Waals surface area contributed by atoms with Crippen molar-refractivity contribution in [3.63, 3.8) is 0 Å². The quantitative estimate of drug-likeness (QED) is 0.620. The van der Waals surface area contributed by atoms with Gasteiger partial charge >= 0.3 is 0 Å². The fourth-order valence-corrected chi connectivity index (χ4v) is 5.42. The van der Waals surface area contributed by atoms with Crippen molar-refractivity contribution in [3.8, 4) is 0 Å². The van der Waals surface area contributed by atoms with Gasteiger partial charge in [-0.2, -0.15) is 0 Å². The van der Waals surface area contributed by atoms with Gasteiger partial charge in [-0.25, -0.2) is 17.5 Å². The summed E-state index contributed by atoms with van der Waals surface area (Å²) in [6.45, 7) is 4.38. The summed E-state index contributed by atoms with van der Waals surface area (Å²) in [6, 6.07) is 11.7. The first-order valence-corrected chi connectivity index (χ1v) is 11.5. The molecule has 5 nitrogen and oxygen atoms in total. The number of likely N-dealkylation sites (tertiary alicyclic amines) is 1. The first kappa shape index (κ1) is 20.1. The first-order valence-electron chi connectivity index (χ1n) is 9.97. The number of aryl methyl sites for hydroxylation is 2. The lowest BCUT2D eigenvalue weighted by Gasteiger charge is -2.17. The highest BCUT2D eigenvalue weighted by atomic mass is 32.2. The van der Waals surface area contributed by atoms with Gasteiger partial charge in [0.05, 0.1) is 4.90 Å². The van der Waals surface area contributed by atoms with Gasteiger partial charge in [-0.05, 0) is 80.7 Å². The zero-order chi connectivity index (χ0) is 20.4. The van der Waals surface area contributed by atoms with E-state index in [1.807, 2.05) is 19.2 Å². The summed E-state index contributed by atoms with van der Waals surface area (Å²) < 4.78 is 41.6. The number of aromatic nitrogens is 1. The standard InChI is InChI=1S/C22H26FN3O2S/c1-16-4-2-6-20(12-16)29(27,28)25-19-9-11-26(15-19)10-3-5-17-14-24-22-8-7-18(23)13-21(17)22/h2,4,6-8,12-14,19,24-25H,3,5,9-11,15H2,1H3. The van der Waals surface area contributed by atoms with Crippen molar-refractivity contribution in [1.29, 1.82) is 0 Å². The number of halogens is 1. The van der Waals surface area contributed by atoms with E-state index >= 15 is 0 Å². The lowest BCUT2D eigenvalue weighted by Crippen LogP contribution is -2.37. The normalized spacial score (nSPS) is 17.9. The molecule has 3 aromatic rings. The molecule has 2 heterocycles. The SMILES string of the molecule is Cc1cccc(S(=O)(=O)NC2CCN(CCCc3c[nH]c4ccc(F)cc34)C2)c1. The van der Waals surface area contributed by atoms with Crippen molar-refractivity contribution in [2.24, 2.45) is 0 Å². The maximum absolute atomic E-state index is 13.5. The molecule has 1 saturated heterocycles. The zero-order valence-corrected chi connectivity index (χ0v) is 17.3. The lowest BCUT2D eigenvalue weighted by molar-refractivity contribution is 0.327. The number of aromatic amines is 1. The van der Waals surface area contributed by atoms with E-state index in [9.17, 15) is 12.8 Å². The van der Waals surface area contributed by atoms with Crippen LogP contribution in [0.15, 0.2) is 53.6 Å². The Morgan fingerprint density at radius 1 is 1.24 bits per heavy atom. The monoisotopic (exact) mass is 415 g/mol. The number of hydrogen-bond acceptors (Lipinski definition) is 3. The lowest BCUT2D eigenvalue weighted by atomic mass is 10.1. The minimum absolute atomic E-state index is 0.0669. The maximum atomic E-state index is 13.5. The van der Waals surface area contributed by atoms with Gasteiger partial charge in [0.2, 0.25) is 10.0 Å². The number of nitrogens with zero attached hydrogens (tertiary/aromatic N) is 1. The molecule has 2 aromatic carbocycles. The van der Waals surface area contributed by atoms with E-state index in [1.54, 1.807) is 30.3 Å². The van der Waals surface area contributed by atoms with Gasteiger partial charge in [-0.3, -0.25) is 0 Å². The number of sulfonamides is 1. The Hall–Kier alpha value is -2.22. The van der Waals surface area contributed by atoms with Crippen molar-refractivity contribution >= 4 is 20.9 Å². The molecular formula is C22H26FN3O2S. The van der Waals surface area contributed by atoms with Crippen LogP contribution in [0.25, 0.3) is 10.9 Å². The smallest absolute Gasteiger partial charge is 0.240 e. The van der Waals surface area contributed by atoms with Crippen LogP contribution in [0.1, 0.15) is 24.0 Å². The van der Waals surface area contributed by atoms with Crippen molar-refractivity contribution in [1.82, 2.24) is 14.6 Å². The van der Waals surface area contributed by atoms with Gasteiger partial charge < -0.3 is 9.88 Å². The molecule has 0 radical (unpaired) electrons. The second kappa shape index (κ2) is 8.26. The summed E-state index contributed by atoms with van der Waals surface area (Å²) in [5, 5.41) is 0.940. The van der Waals surface area contributed by atoms with Gasteiger partial charge in [0.15, 0.2) is 0 Å². The van der Waals surface area contributed by atoms with E-state index in [-0.39, 0.29) is 11.9 Å². The molecule has 29 heavy (non-hydrogen) atoms. The van der Waals surface area contributed by atoms with Crippen molar-refractivity contribution in [3.05, 3.63) is 65.6 Å². The fourth-order valence-electron chi connectivity index (χ4n) is 4.05. The Kier molecular flexibility index (Phi) is 5.72. The number of nitrogens with one attached hydrogen (secondary N) is 2. The molecule has 1 unspecified atom stereocenters. The average Bonchev–Trinajstić information content (AvgIpc) is 3.28. The Balaban J connectivity index is 1.29. The van der Waals surface area contributed by atoms with E-state index in [4.69, 9.17) is 0 Å². The molecule has 1 aromatic heterocycles. The molecule has 1 aliphatic rings. The van der Waals surface area contributed by atoms with Crippen molar-refractivity contribution < 1.29 is 12.8 Å². The predicted molar refractivity (Wildman–Crippen MR) is 113 cm³/mol. The predicted octanol–water partition coefficient (Wildman–Crippen LogP) is 3.60. The molecule has 1 atom stereocenters. The molecule has 0 aliphatic carbocycles. The zero-order valence-electron chi connectivity index (χ0n) is 16.5. The van der Waals surface area contributed by atoms with Crippen LogP contribution in [0, 0.1) is 12.7 Å². The fraction of sp³-hybridized carbons (Fsp3) is 0.364. The topological polar surface area (TPSA) is 65.2 Å². The van der Waals surface area contributed by atoms with Crippen LogP contribution < -0.4 is 4.72 Å². The highest BCUT2D eigenvalue weighted by molar-refractivity contribution is 7.89. The molecule has 1 aliphatic heterocycles. The van der Waals surface area contributed by atoms with Crippen LogP contribution in [-0.4, -0.2) is 44.0 Å². The Bertz CT molecular complexity index is 1110. The Morgan fingerprint density at radius 2 is 2.10 bits per heavy atom. The van der Waals surface area contributed by atoms with Crippen molar-refractivity contribution in [2.45, 2.75) is 37.1 Å². The Labute approximate surface area is 171 Å². The van der Waals surface area contributed by atoms with Gasteiger partial charge in [0.1, 0.15) is 5.82 Å². The van der Waals surface area contributed by atoms with Crippen LogP contribution in [0.5, 0.6) is 0 Å². The van der Waals surface area contributed by atoms with Crippen LogP contribution in [-0.2, 0) is 16.4 Å². The largest absolute Gasteiger partial charge is 0.361 e. The Morgan fingerprint density at radius 3 is 2.93 bits per heavy atom. The van der Waals surface area contributed by atoms with E-state index in [2.05, 4.69) is 14.6 Å². The number of benzene rings is 2. The summed E-state index contributed by atoms with van der Waals surface area (Å²) in [6.07, 6.45) is 4.57. The van der Waals surface area contributed by atoms with Gasteiger partial charge in [-0.15, -0.1) is 0 Å². The van der Waals surface area contributed by atoms with Gasteiger partial charge in [-0.1, -0.05) is 12.1 Å². The van der Waals surface area contributed by atoms with Crippen LogP contribution in [0.2, 0.25) is 0 Å². The molecule has 0 spiro atoms. The maximum Gasteiger partial charge on any atom is 0.240 e. The van der Waals surface area contributed by atoms with Crippen LogP contribution in [0.4, 0.5) is 4.39 Å². The van der Waals surface area contributed by atoms with E-state index in [0.717, 1.165) is 54.4 Å². The number of fused-ring (bicyclic) bond motifs is 1. The number of H-pyrrole nitrogens is 1. The van der Waals surface area contributed by atoms with Crippen LogP contribution in [0.3, 0.4) is 0 Å². The third-order valence-electron chi connectivity index (χ3n) is 5.54. The van der Waals surface area contributed by atoms with Crippen molar-refractivity contribution in [2.75, 3.05) is 19.6 Å². The molecule has 154 valence electrons. The molecule has 2 N–H and O–H groups in total. The molecule has 7 heteroatoms. The van der Waals surface area contributed by atoms with E-state index < -0.39 is 10.0 Å². The molecule has 0 amide bonds. The summed E-state index contributed by atoms with van der Waals surface area (Å²) in [5.74, 6) is -0.221. The van der Waals surface area contributed by atoms with Gasteiger partial charge in [0.25, 0.3) is 0 Å². The van der Waals surface area contributed by atoms with Gasteiger partial charge in [0, 0.05) is 29.7 Å². The van der Waals surface area contributed by atoms with E-state index in [1.165, 1.54) is 6.07 Å². The summed E-state index contributed by atoms with van der Waals surface area (Å²) in [5.41, 5.74) is 3.00. The number of rotatable bonds is 7. The summed E-state index contributed by atoms with van der Waals surface area (Å²) in [7, 11) is -3.49. The molecular weight excluding hydrogens is 389 g/mol. The highest BCUT2D eigenvalue weighted by Gasteiger charge is 2.27. The minimum Gasteiger partial charge on any atom is -0.361 e. The third-order valence-corrected chi connectivity index (χ3v) is 7.06. The second-order valence-electron chi connectivity index (χ2n) is 7.83. The molecule has 0 saturated carbocycles. The van der Waals surface area contributed by atoms with E-state index in [0.29, 0.717) is 11.4 Å².